The van der Waals surface area contributed by atoms with Crippen LogP contribution in [0.5, 0.6) is 0 Å². The number of benzene rings is 1. The molecule has 0 atom stereocenters. The fourth-order valence-electron chi connectivity index (χ4n) is 1.11. The van der Waals surface area contributed by atoms with E-state index in [-0.39, 0.29) is 0 Å². The van der Waals surface area contributed by atoms with Gasteiger partial charge in [-0.1, -0.05) is 23.2 Å². The lowest BCUT2D eigenvalue weighted by atomic mass is 10.2. The van der Waals surface area contributed by atoms with Crippen LogP contribution in [0.2, 0.25) is 10.0 Å². The van der Waals surface area contributed by atoms with E-state index in [9.17, 15) is 0 Å². The van der Waals surface area contributed by atoms with Gasteiger partial charge in [-0.05, 0) is 63.4 Å². The topological polar surface area (TPSA) is 28.7 Å². The van der Waals surface area contributed by atoms with Gasteiger partial charge in [0.2, 0.25) is 0 Å². The Hall–Kier alpha value is 0.470. The van der Waals surface area contributed by atoms with E-state index in [0.717, 1.165) is 18.8 Å². The van der Waals surface area contributed by atoms with Crippen LogP contribution in [0.25, 0.3) is 11.4 Å². The quantitative estimate of drug-likeness (QED) is 0.614. The zero-order valence-corrected chi connectivity index (χ0v) is 13.0. The molecule has 78 valence electrons. The predicted octanol–water partition coefficient (Wildman–Crippen LogP) is 4.59. The Labute approximate surface area is 124 Å². The number of hydrogen-bond acceptors (Lipinski definition) is 1. The number of hydrogen-bond donors (Lipinski definition) is 1. The highest BCUT2D eigenvalue weighted by molar-refractivity contribution is 14.1. The van der Waals surface area contributed by atoms with Crippen LogP contribution in [0.15, 0.2) is 18.2 Å². The van der Waals surface area contributed by atoms with Crippen molar-refractivity contribution in [2.75, 3.05) is 0 Å². The van der Waals surface area contributed by atoms with Crippen molar-refractivity contribution in [3.8, 4) is 11.4 Å². The van der Waals surface area contributed by atoms with E-state index < -0.39 is 0 Å². The summed E-state index contributed by atoms with van der Waals surface area (Å²) in [6.07, 6.45) is 0. The molecular weight excluding hydrogens is 461 g/mol. The first-order valence-corrected chi connectivity index (χ1v) is 6.85. The van der Waals surface area contributed by atoms with Gasteiger partial charge in [-0.3, -0.25) is 0 Å². The van der Waals surface area contributed by atoms with E-state index in [1.54, 1.807) is 12.1 Å². The van der Waals surface area contributed by atoms with Crippen LogP contribution in [-0.2, 0) is 0 Å². The van der Waals surface area contributed by atoms with Crippen molar-refractivity contribution in [1.82, 2.24) is 9.97 Å². The highest BCUT2D eigenvalue weighted by Gasteiger charge is 2.08. The van der Waals surface area contributed by atoms with Crippen molar-refractivity contribution >= 4 is 68.4 Å². The molecule has 1 aromatic carbocycles. The van der Waals surface area contributed by atoms with Gasteiger partial charge in [0.1, 0.15) is 13.2 Å². The summed E-state index contributed by atoms with van der Waals surface area (Å²) in [6, 6.07) is 5.45. The van der Waals surface area contributed by atoms with Gasteiger partial charge in [0.25, 0.3) is 0 Å². The molecule has 0 aliphatic rings. The van der Waals surface area contributed by atoms with Crippen LogP contribution >= 0.6 is 68.4 Å². The van der Waals surface area contributed by atoms with Crippen LogP contribution in [0.4, 0.5) is 0 Å². The van der Waals surface area contributed by atoms with E-state index in [0.29, 0.717) is 10.0 Å². The Balaban J connectivity index is 2.49. The highest BCUT2D eigenvalue weighted by atomic mass is 127. The van der Waals surface area contributed by atoms with Gasteiger partial charge in [0.05, 0.1) is 10.0 Å². The average molecular weight is 465 g/mol. The average Bonchev–Trinajstić information content (AvgIpc) is 2.52. The minimum absolute atomic E-state index is 0.538. The fourth-order valence-corrected chi connectivity index (χ4v) is 2.16. The summed E-state index contributed by atoms with van der Waals surface area (Å²) >= 11 is 16.2. The summed E-state index contributed by atoms with van der Waals surface area (Å²) in [5.74, 6) is 0.808. The maximum atomic E-state index is 5.93. The van der Waals surface area contributed by atoms with E-state index >= 15 is 0 Å². The Morgan fingerprint density at radius 1 is 1.13 bits per heavy atom. The summed E-state index contributed by atoms with van der Waals surface area (Å²) in [4.78, 5) is 7.55. The molecule has 6 heteroatoms. The molecule has 0 unspecified atom stereocenters. The second kappa shape index (κ2) is 4.77. The predicted molar refractivity (Wildman–Crippen MR) is 79.5 cm³/mol. The minimum Gasteiger partial charge on any atom is -0.333 e. The Kier molecular flexibility index (Phi) is 3.79. The molecule has 0 amide bonds. The second-order valence-electron chi connectivity index (χ2n) is 2.82. The Bertz CT molecular complexity index is 491. The SMILES string of the molecule is Clc1ccc(-c2nc(I)c(I)[nH]2)cc1Cl. The molecular formula is C9H4Cl2I2N2. The first-order chi connectivity index (χ1) is 7.08. The maximum Gasteiger partial charge on any atom is 0.139 e. The molecule has 2 rings (SSSR count). The smallest absolute Gasteiger partial charge is 0.139 e. The normalized spacial score (nSPS) is 10.7. The van der Waals surface area contributed by atoms with E-state index in [2.05, 4.69) is 55.1 Å². The van der Waals surface area contributed by atoms with Gasteiger partial charge < -0.3 is 4.98 Å². The van der Waals surface area contributed by atoms with Gasteiger partial charge >= 0.3 is 0 Å². The first-order valence-electron chi connectivity index (χ1n) is 3.94. The third-order valence-electron chi connectivity index (χ3n) is 1.81. The number of imidazole rings is 1. The van der Waals surface area contributed by atoms with Gasteiger partial charge in [-0.15, -0.1) is 0 Å². The number of nitrogens with zero attached hydrogens (tertiary/aromatic N) is 1. The molecule has 0 bridgehead atoms. The molecule has 0 saturated heterocycles. The zero-order valence-electron chi connectivity index (χ0n) is 7.19. The van der Waals surface area contributed by atoms with Crippen molar-refractivity contribution < 1.29 is 0 Å². The van der Waals surface area contributed by atoms with Crippen LogP contribution in [0.3, 0.4) is 0 Å². The van der Waals surface area contributed by atoms with Gasteiger partial charge in [-0.2, -0.15) is 0 Å². The molecule has 0 saturated carbocycles. The standard InChI is InChI=1S/C9H4Cl2I2N2/c10-5-2-1-4(3-6(5)11)9-14-7(12)8(13)15-9/h1-3H,(H,14,15). The lowest BCUT2D eigenvalue weighted by molar-refractivity contribution is 1.29. The molecule has 1 heterocycles. The summed E-state index contributed by atoms with van der Waals surface area (Å²) < 4.78 is 1.98. The van der Waals surface area contributed by atoms with E-state index in [4.69, 9.17) is 23.2 Å². The Morgan fingerprint density at radius 2 is 1.87 bits per heavy atom. The molecule has 1 aromatic heterocycles. The van der Waals surface area contributed by atoms with Crippen molar-refractivity contribution in [2.45, 2.75) is 0 Å². The molecule has 15 heavy (non-hydrogen) atoms. The van der Waals surface area contributed by atoms with Crippen molar-refractivity contribution in [3.63, 3.8) is 0 Å². The molecule has 0 aliphatic carbocycles. The molecule has 1 N–H and O–H groups in total. The number of aromatic amines is 1. The number of H-pyrrole nitrogens is 1. The van der Waals surface area contributed by atoms with E-state index in [1.807, 2.05) is 6.07 Å². The van der Waals surface area contributed by atoms with Crippen molar-refractivity contribution in [1.29, 1.82) is 0 Å². The Morgan fingerprint density at radius 3 is 2.40 bits per heavy atom. The number of nitrogens with one attached hydrogen (secondary N) is 1. The van der Waals surface area contributed by atoms with Crippen LogP contribution < -0.4 is 0 Å². The van der Waals surface area contributed by atoms with Crippen LogP contribution in [-0.4, -0.2) is 9.97 Å². The molecule has 2 nitrogen and oxygen atoms in total. The van der Waals surface area contributed by atoms with E-state index in [1.165, 1.54) is 0 Å². The third kappa shape index (κ3) is 2.59. The summed E-state index contributed by atoms with van der Waals surface area (Å²) in [5, 5.41) is 1.09. The monoisotopic (exact) mass is 464 g/mol. The van der Waals surface area contributed by atoms with Crippen molar-refractivity contribution in [2.24, 2.45) is 0 Å². The lowest BCUT2D eigenvalue weighted by Gasteiger charge is -1.99. The molecule has 0 radical (unpaired) electrons. The summed E-state index contributed by atoms with van der Waals surface area (Å²) in [7, 11) is 0. The summed E-state index contributed by atoms with van der Waals surface area (Å²) in [5.41, 5.74) is 0.935. The van der Waals surface area contributed by atoms with Crippen LogP contribution in [0, 0.1) is 7.40 Å². The summed E-state index contributed by atoms with van der Waals surface area (Å²) in [6.45, 7) is 0. The first kappa shape index (κ1) is 11.9. The molecule has 0 fully saturated rings. The van der Waals surface area contributed by atoms with Crippen molar-refractivity contribution in [3.05, 3.63) is 35.6 Å². The maximum absolute atomic E-state index is 5.93. The van der Waals surface area contributed by atoms with Gasteiger partial charge in [0, 0.05) is 5.56 Å². The molecule has 2 aromatic rings. The number of halogens is 4. The fraction of sp³-hybridized carbons (Fsp3) is 0. The van der Waals surface area contributed by atoms with Gasteiger partial charge in [-0.25, -0.2) is 4.98 Å². The number of aromatic nitrogens is 2. The van der Waals surface area contributed by atoms with Gasteiger partial charge in [0.15, 0.2) is 0 Å². The minimum atomic E-state index is 0.538. The zero-order chi connectivity index (χ0) is 11.0. The molecule has 0 spiro atoms. The second-order valence-corrected chi connectivity index (χ2v) is 5.73. The molecule has 0 aliphatic heterocycles. The lowest BCUT2D eigenvalue weighted by Crippen LogP contribution is -1.81. The van der Waals surface area contributed by atoms with Crippen LogP contribution in [0.1, 0.15) is 0 Å². The third-order valence-corrected chi connectivity index (χ3v) is 5.14. The highest BCUT2D eigenvalue weighted by Crippen LogP contribution is 2.28. The number of rotatable bonds is 1. The largest absolute Gasteiger partial charge is 0.333 e.